The summed E-state index contributed by atoms with van der Waals surface area (Å²) in [4.78, 5) is 2.25. The van der Waals surface area contributed by atoms with Gasteiger partial charge in [-0.25, -0.2) is 0 Å². The van der Waals surface area contributed by atoms with Crippen LogP contribution >= 0.6 is 11.3 Å². The van der Waals surface area contributed by atoms with Crippen LogP contribution in [-0.2, 0) is 0 Å². The van der Waals surface area contributed by atoms with E-state index in [1.807, 2.05) is 0 Å². The van der Waals surface area contributed by atoms with Crippen molar-refractivity contribution in [1.29, 1.82) is 0 Å². The van der Waals surface area contributed by atoms with E-state index in [0.717, 1.165) is 0 Å². The Morgan fingerprint density at radius 1 is 1.56 bits per heavy atom. The molecular weight excluding hydrogens is 190 g/mol. The van der Waals surface area contributed by atoms with Crippen molar-refractivity contribution in [3.63, 3.8) is 0 Å². The fraction of sp³-hybridized carbons (Fsp3) is 0. The molecule has 9 heavy (non-hydrogen) atoms. The Balaban J connectivity index is 0.000000405. The van der Waals surface area contributed by atoms with E-state index in [1.54, 1.807) is 11.3 Å². The maximum absolute atomic E-state index is 3.11. The Morgan fingerprint density at radius 2 is 2.44 bits per heavy atom. The van der Waals surface area contributed by atoms with Crippen LogP contribution in [0.3, 0.4) is 0 Å². The van der Waals surface area contributed by atoms with Crippen molar-refractivity contribution in [2.45, 2.75) is 0 Å². The van der Waals surface area contributed by atoms with Crippen molar-refractivity contribution in [2.24, 2.45) is 0 Å². The monoisotopic (exact) mass is 194 g/mol. The molecule has 0 fully saturated rings. The molecule has 0 aliphatic rings. The number of hydrogen-bond acceptors (Lipinski definition) is 1. The summed E-state index contributed by atoms with van der Waals surface area (Å²) in [5.41, 5.74) is 0. The number of hydrogen-bond donors (Lipinski definition) is 0. The first-order valence-corrected chi connectivity index (χ1v) is 4.96. The van der Waals surface area contributed by atoms with E-state index in [1.165, 1.54) is 8.96 Å². The zero-order valence-corrected chi connectivity index (χ0v) is 7.58. The molecule has 2 aromatic rings. The topological polar surface area (TPSA) is 0 Å². The van der Waals surface area contributed by atoms with Crippen molar-refractivity contribution in [3.05, 3.63) is 22.5 Å². The van der Waals surface area contributed by atoms with Crippen molar-refractivity contribution >= 4 is 34.8 Å². The quantitative estimate of drug-likeness (QED) is 0.362. The van der Waals surface area contributed by atoms with Gasteiger partial charge in [0.05, 0.1) is 0 Å². The molecule has 0 bridgehead atoms. The number of fused-ring (bicyclic) bond motifs is 1. The number of rotatable bonds is 0. The van der Waals surface area contributed by atoms with Crippen molar-refractivity contribution < 1.29 is 18.9 Å². The Labute approximate surface area is 75.8 Å². The molecule has 0 atom stereocenters. The van der Waals surface area contributed by atoms with Gasteiger partial charge in [-0.2, -0.15) is 0 Å². The van der Waals surface area contributed by atoms with E-state index in [4.69, 9.17) is 0 Å². The molecule has 0 N–H and O–H groups in total. The molecule has 0 aliphatic carbocycles. The molecule has 0 nitrogen and oxygen atoms in total. The van der Waals surface area contributed by atoms with Crippen LogP contribution in [0.5, 0.6) is 0 Å². The first-order valence-electron chi connectivity index (χ1n) is 2.30. The molecule has 2 heterocycles. The molecular formula is C6H3LiSSe. The summed E-state index contributed by atoms with van der Waals surface area (Å²) < 4.78 is 2.92. The van der Waals surface area contributed by atoms with E-state index in [2.05, 4.69) is 22.5 Å². The third-order valence-electron chi connectivity index (χ3n) is 1.02. The molecule has 0 aromatic carbocycles. The van der Waals surface area contributed by atoms with Gasteiger partial charge in [0.25, 0.3) is 0 Å². The van der Waals surface area contributed by atoms with Crippen LogP contribution in [-0.4, -0.2) is 14.5 Å². The van der Waals surface area contributed by atoms with Gasteiger partial charge in [0.2, 0.25) is 0 Å². The molecule has 2 rings (SSSR count). The van der Waals surface area contributed by atoms with Gasteiger partial charge in [-0.1, -0.05) is 0 Å². The van der Waals surface area contributed by atoms with Gasteiger partial charge < -0.3 is 0 Å². The average Bonchev–Trinajstić information content (AvgIpc) is 2.15. The fourth-order valence-electron chi connectivity index (χ4n) is 0.645. The molecule has 0 unspecified atom stereocenters. The Kier molecular flexibility index (Phi) is 2.64. The van der Waals surface area contributed by atoms with E-state index >= 15 is 0 Å². The predicted molar refractivity (Wildman–Crippen MR) is 37.6 cm³/mol. The SMILES string of the molecule is [Li+].[c-]1cc2[se]ccc2s1. The van der Waals surface area contributed by atoms with E-state index in [-0.39, 0.29) is 18.9 Å². The molecule has 0 saturated carbocycles. The van der Waals surface area contributed by atoms with E-state index < -0.39 is 0 Å². The molecule has 2 aromatic heterocycles. The fourth-order valence-corrected chi connectivity index (χ4v) is 3.51. The standard InChI is InChI=1S/C6H3SSe.Li/c1-3-7-5-2-4-8-6(1)5;/h1-2,4H;/q-1;+1. The second-order valence-electron chi connectivity index (χ2n) is 1.51. The van der Waals surface area contributed by atoms with Crippen LogP contribution in [0.4, 0.5) is 0 Å². The van der Waals surface area contributed by atoms with Gasteiger partial charge in [0.1, 0.15) is 0 Å². The zero-order valence-electron chi connectivity index (χ0n) is 5.05. The minimum absolute atomic E-state index is 0. The molecule has 0 aliphatic heterocycles. The first-order chi connectivity index (χ1) is 3.97. The molecule has 40 valence electrons. The van der Waals surface area contributed by atoms with Crippen LogP contribution in [0.2, 0.25) is 0 Å². The molecule has 0 spiro atoms. The van der Waals surface area contributed by atoms with Gasteiger partial charge >= 0.3 is 76.1 Å². The third kappa shape index (κ3) is 1.34. The first kappa shape index (κ1) is 7.66. The predicted octanol–water partition coefficient (Wildman–Crippen LogP) is -1.24. The molecule has 0 amide bonds. The van der Waals surface area contributed by atoms with Crippen LogP contribution in [0.1, 0.15) is 0 Å². The Hall–Kier alpha value is 0.557. The molecule has 3 heteroatoms. The molecule has 0 saturated heterocycles. The summed E-state index contributed by atoms with van der Waals surface area (Å²) in [7, 11) is 0. The Morgan fingerprint density at radius 3 is 3.22 bits per heavy atom. The number of thiophene rings is 1. The van der Waals surface area contributed by atoms with E-state index in [9.17, 15) is 0 Å². The average molecular weight is 193 g/mol. The van der Waals surface area contributed by atoms with Crippen molar-refractivity contribution in [1.82, 2.24) is 0 Å². The van der Waals surface area contributed by atoms with Gasteiger partial charge in [0.15, 0.2) is 0 Å². The second-order valence-corrected chi connectivity index (χ2v) is 4.38. The second kappa shape index (κ2) is 3.10. The third-order valence-corrected chi connectivity index (χ3v) is 3.93. The zero-order chi connectivity index (χ0) is 5.40. The summed E-state index contributed by atoms with van der Waals surface area (Å²) in [5.74, 6) is 0. The summed E-state index contributed by atoms with van der Waals surface area (Å²) in [6.45, 7) is 0. The van der Waals surface area contributed by atoms with Gasteiger partial charge in [0, 0.05) is 0 Å². The minimum atomic E-state index is 0. The van der Waals surface area contributed by atoms with Crippen LogP contribution in [0, 0.1) is 5.38 Å². The molecule has 0 radical (unpaired) electrons. The van der Waals surface area contributed by atoms with Crippen LogP contribution in [0.15, 0.2) is 17.1 Å². The Bertz CT molecular complexity index is 234. The van der Waals surface area contributed by atoms with Gasteiger partial charge in [-0.05, 0) is 0 Å². The summed E-state index contributed by atoms with van der Waals surface area (Å²) in [6, 6.07) is 4.29. The van der Waals surface area contributed by atoms with Crippen molar-refractivity contribution in [2.75, 3.05) is 0 Å². The van der Waals surface area contributed by atoms with Crippen molar-refractivity contribution in [3.8, 4) is 0 Å². The van der Waals surface area contributed by atoms with Gasteiger partial charge in [-0.3, -0.25) is 0 Å². The summed E-state index contributed by atoms with van der Waals surface area (Å²) in [6.07, 6.45) is 0. The summed E-state index contributed by atoms with van der Waals surface area (Å²) in [5, 5.41) is 3.11. The van der Waals surface area contributed by atoms with Gasteiger partial charge in [-0.15, -0.1) is 0 Å². The summed E-state index contributed by atoms with van der Waals surface area (Å²) >= 11 is 2.35. The van der Waals surface area contributed by atoms with Crippen LogP contribution in [0.25, 0.3) is 8.96 Å². The van der Waals surface area contributed by atoms with E-state index in [0.29, 0.717) is 14.5 Å². The normalized spacial score (nSPS) is 9.33. The van der Waals surface area contributed by atoms with Crippen LogP contribution < -0.4 is 18.9 Å². The maximum atomic E-state index is 3.11.